The van der Waals surface area contributed by atoms with Gasteiger partial charge in [-0.1, -0.05) is 24.3 Å². The predicted octanol–water partition coefficient (Wildman–Crippen LogP) is 3.55. The third-order valence-corrected chi connectivity index (χ3v) is 3.26. The van der Waals surface area contributed by atoms with Crippen LogP contribution < -0.4 is 0 Å². The van der Waals surface area contributed by atoms with Gasteiger partial charge in [0.25, 0.3) is 0 Å². The standard InChI is InChI=1S/C17H19FN2O2/c1-12(21)5-3-2-4-6-13-7-8-14(9-16(13)18)15-10-19-17(22)20-11-15/h4,6-12,21H,2-3,5H2,1H3,(H,19,20,22). The number of benzene rings is 1. The Morgan fingerprint density at radius 3 is 2.59 bits per heavy atom. The molecule has 22 heavy (non-hydrogen) atoms. The molecule has 1 aromatic heterocycles. The van der Waals surface area contributed by atoms with Crippen molar-refractivity contribution in [2.24, 2.45) is 0 Å². The maximum absolute atomic E-state index is 14.1. The molecule has 4 nitrogen and oxygen atoms in total. The summed E-state index contributed by atoms with van der Waals surface area (Å²) in [5, 5.41) is 18.2. The first-order valence-corrected chi connectivity index (χ1v) is 7.22. The Bertz CT molecular complexity index is 640. The monoisotopic (exact) mass is 302 g/mol. The number of aliphatic hydroxyl groups is 1. The molecule has 0 amide bonds. The molecule has 2 aromatic rings. The molecule has 2 rings (SSSR count). The Hall–Kier alpha value is -2.27. The molecule has 0 radical (unpaired) electrons. The van der Waals surface area contributed by atoms with Crippen LogP contribution in [0.5, 0.6) is 6.01 Å². The van der Waals surface area contributed by atoms with Crippen molar-refractivity contribution in [2.75, 3.05) is 0 Å². The summed E-state index contributed by atoms with van der Waals surface area (Å²) in [5.74, 6) is -0.322. The molecule has 0 aliphatic rings. The Labute approximate surface area is 129 Å². The van der Waals surface area contributed by atoms with Crippen molar-refractivity contribution in [3.63, 3.8) is 0 Å². The Kier molecular flexibility index (Phi) is 5.61. The van der Waals surface area contributed by atoms with Crippen molar-refractivity contribution in [1.82, 2.24) is 9.97 Å². The first-order valence-electron chi connectivity index (χ1n) is 7.22. The summed E-state index contributed by atoms with van der Waals surface area (Å²) in [6.07, 6.45) is 8.67. The number of halogens is 1. The SMILES string of the molecule is CC(O)CCCC=Cc1ccc(-c2cnc(O)nc2)cc1F. The Morgan fingerprint density at radius 1 is 1.23 bits per heavy atom. The van der Waals surface area contributed by atoms with E-state index in [9.17, 15) is 4.39 Å². The average Bonchev–Trinajstić information content (AvgIpc) is 2.49. The molecule has 5 heteroatoms. The van der Waals surface area contributed by atoms with E-state index in [0.717, 1.165) is 19.3 Å². The van der Waals surface area contributed by atoms with Gasteiger partial charge in [0.2, 0.25) is 0 Å². The van der Waals surface area contributed by atoms with Crippen LogP contribution in [0.4, 0.5) is 4.39 Å². The van der Waals surface area contributed by atoms with Crippen LogP contribution in [-0.2, 0) is 0 Å². The van der Waals surface area contributed by atoms with Crippen LogP contribution >= 0.6 is 0 Å². The minimum absolute atomic E-state index is 0.294. The van der Waals surface area contributed by atoms with E-state index in [-0.39, 0.29) is 17.9 Å². The topological polar surface area (TPSA) is 66.2 Å². The van der Waals surface area contributed by atoms with Crippen LogP contribution in [-0.4, -0.2) is 26.3 Å². The molecule has 0 aliphatic heterocycles. The second kappa shape index (κ2) is 7.66. The highest BCUT2D eigenvalue weighted by Crippen LogP contribution is 2.22. The van der Waals surface area contributed by atoms with E-state index in [4.69, 9.17) is 10.2 Å². The van der Waals surface area contributed by atoms with Crippen LogP contribution in [0.25, 0.3) is 17.2 Å². The predicted molar refractivity (Wildman–Crippen MR) is 83.7 cm³/mol. The van der Waals surface area contributed by atoms with Crippen molar-refractivity contribution < 1.29 is 14.6 Å². The number of aromatic hydroxyl groups is 1. The summed E-state index contributed by atoms with van der Waals surface area (Å²) in [6, 6.07) is 4.60. The van der Waals surface area contributed by atoms with Gasteiger partial charge < -0.3 is 10.2 Å². The van der Waals surface area contributed by atoms with E-state index in [0.29, 0.717) is 16.7 Å². The van der Waals surface area contributed by atoms with Crippen molar-refractivity contribution in [2.45, 2.75) is 32.3 Å². The molecule has 0 spiro atoms. The summed E-state index contributed by atoms with van der Waals surface area (Å²) in [5.41, 5.74) is 1.81. The minimum atomic E-state index is -0.322. The lowest BCUT2D eigenvalue weighted by atomic mass is 10.1. The normalized spacial score (nSPS) is 12.7. The van der Waals surface area contributed by atoms with E-state index in [1.165, 1.54) is 18.5 Å². The number of hydrogen-bond acceptors (Lipinski definition) is 4. The maximum Gasteiger partial charge on any atom is 0.313 e. The van der Waals surface area contributed by atoms with Crippen molar-refractivity contribution in [1.29, 1.82) is 0 Å². The lowest BCUT2D eigenvalue weighted by Crippen LogP contribution is -1.97. The van der Waals surface area contributed by atoms with Gasteiger partial charge in [-0.3, -0.25) is 0 Å². The molecular formula is C17H19FN2O2. The summed E-state index contributed by atoms with van der Waals surface area (Å²) in [7, 11) is 0. The molecule has 0 bridgehead atoms. The van der Waals surface area contributed by atoms with Gasteiger partial charge in [0.15, 0.2) is 0 Å². The fourth-order valence-corrected chi connectivity index (χ4v) is 2.05. The maximum atomic E-state index is 14.1. The van der Waals surface area contributed by atoms with Gasteiger partial charge in [-0.15, -0.1) is 0 Å². The number of unbranched alkanes of at least 4 members (excludes halogenated alkanes) is 1. The zero-order valence-electron chi connectivity index (χ0n) is 12.4. The van der Waals surface area contributed by atoms with Gasteiger partial charge in [-0.2, -0.15) is 0 Å². The third-order valence-electron chi connectivity index (χ3n) is 3.26. The van der Waals surface area contributed by atoms with Crippen molar-refractivity contribution >= 4 is 6.08 Å². The largest absolute Gasteiger partial charge is 0.479 e. The summed E-state index contributed by atoms with van der Waals surface area (Å²) < 4.78 is 14.1. The Morgan fingerprint density at radius 2 is 1.95 bits per heavy atom. The Balaban J connectivity index is 2.03. The van der Waals surface area contributed by atoms with Crippen LogP contribution in [0, 0.1) is 5.82 Å². The number of aliphatic hydroxyl groups excluding tert-OH is 1. The number of nitrogens with zero attached hydrogens (tertiary/aromatic N) is 2. The number of allylic oxidation sites excluding steroid dienone is 1. The summed E-state index contributed by atoms with van der Waals surface area (Å²) in [4.78, 5) is 7.36. The van der Waals surface area contributed by atoms with E-state index in [1.54, 1.807) is 25.1 Å². The molecule has 2 N–H and O–H groups in total. The number of hydrogen-bond donors (Lipinski definition) is 2. The zero-order valence-corrected chi connectivity index (χ0v) is 12.4. The molecule has 1 unspecified atom stereocenters. The summed E-state index contributed by atoms with van der Waals surface area (Å²) in [6.45, 7) is 1.76. The molecule has 1 aromatic carbocycles. The lowest BCUT2D eigenvalue weighted by molar-refractivity contribution is 0.182. The van der Waals surface area contributed by atoms with E-state index in [2.05, 4.69) is 9.97 Å². The fourth-order valence-electron chi connectivity index (χ4n) is 2.05. The highest BCUT2D eigenvalue weighted by atomic mass is 19.1. The molecule has 0 saturated heterocycles. The molecule has 0 aliphatic carbocycles. The van der Waals surface area contributed by atoms with E-state index < -0.39 is 0 Å². The quantitative estimate of drug-likeness (QED) is 0.801. The second-order valence-corrected chi connectivity index (χ2v) is 5.19. The first-order chi connectivity index (χ1) is 10.6. The highest BCUT2D eigenvalue weighted by molar-refractivity contribution is 5.64. The van der Waals surface area contributed by atoms with Gasteiger partial charge in [0.1, 0.15) is 5.82 Å². The highest BCUT2D eigenvalue weighted by Gasteiger charge is 2.04. The summed E-state index contributed by atoms with van der Waals surface area (Å²) >= 11 is 0. The van der Waals surface area contributed by atoms with Crippen LogP contribution in [0.15, 0.2) is 36.7 Å². The molecule has 1 heterocycles. The van der Waals surface area contributed by atoms with E-state index in [1.807, 2.05) is 6.08 Å². The van der Waals surface area contributed by atoms with Crippen molar-refractivity contribution in [3.8, 4) is 17.1 Å². The van der Waals surface area contributed by atoms with Crippen LogP contribution in [0.2, 0.25) is 0 Å². The molecule has 0 saturated carbocycles. The molecule has 116 valence electrons. The number of aromatic nitrogens is 2. The smallest absolute Gasteiger partial charge is 0.313 e. The lowest BCUT2D eigenvalue weighted by Gasteiger charge is -2.04. The first kappa shape index (κ1) is 16.1. The zero-order chi connectivity index (χ0) is 15.9. The van der Waals surface area contributed by atoms with Crippen LogP contribution in [0.1, 0.15) is 31.7 Å². The molecule has 1 atom stereocenters. The molecular weight excluding hydrogens is 283 g/mol. The van der Waals surface area contributed by atoms with Gasteiger partial charge in [-0.25, -0.2) is 14.4 Å². The minimum Gasteiger partial charge on any atom is -0.479 e. The van der Waals surface area contributed by atoms with E-state index >= 15 is 0 Å². The number of rotatable bonds is 6. The molecule has 0 fully saturated rings. The fraction of sp³-hybridized carbons (Fsp3) is 0.294. The van der Waals surface area contributed by atoms with Gasteiger partial charge in [-0.05, 0) is 37.8 Å². The van der Waals surface area contributed by atoms with Gasteiger partial charge in [0.05, 0.1) is 6.10 Å². The van der Waals surface area contributed by atoms with Crippen LogP contribution in [0.3, 0.4) is 0 Å². The van der Waals surface area contributed by atoms with Gasteiger partial charge >= 0.3 is 6.01 Å². The third kappa shape index (κ3) is 4.63. The second-order valence-electron chi connectivity index (χ2n) is 5.19. The van der Waals surface area contributed by atoms with Gasteiger partial charge in [0, 0.05) is 23.5 Å². The average molecular weight is 302 g/mol. The van der Waals surface area contributed by atoms with Crippen molar-refractivity contribution in [3.05, 3.63) is 48.0 Å².